The maximum Gasteiger partial charge on any atom is 0.417 e. The molecule has 0 bridgehead atoms. The average molecular weight is 388 g/mol. The number of nitrogens with zero attached hydrogens (tertiary/aromatic N) is 3. The topological polar surface area (TPSA) is 76.3 Å². The summed E-state index contributed by atoms with van der Waals surface area (Å²) in [5.41, 5.74) is 0.742. The van der Waals surface area contributed by atoms with Gasteiger partial charge in [-0.15, -0.1) is 0 Å². The maximum atomic E-state index is 13.0. The Morgan fingerprint density at radius 3 is 2.46 bits per heavy atom. The summed E-state index contributed by atoms with van der Waals surface area (Å²) in [7, 11) is 0. The van der Waals surface area contributed by atoms with Gasteiger partial charge in [0.15, 0.2) is 5.69 Å². The molecule has 1 N–H and O–H groups in total. The monoisotopic (exact) mass is 388 g/mol. The number of hydrogen-bond donors (Lipinski definition) is 1. The van der Waals surface area contributed by atoms with E-state index in [0.29, 0.717) is 10.8 Å². The fourth-order valence-electron chi connectivity index (χ4n) is 2.70. The number of alkyl halides is 3. The van der Waals surface area contributed by atoms with E-state index in [1.54, 1.807) is 31.2 Å². The highest BCUT2D eigenvalue weighted by Crippen LogP contribution is 2.31. The summed E-state index contributed by atoms with van der Waals surface area (Å²) in [6.45, 7) is 1.96. The van der Waals surface area contributed by atoms with E-state index in [4.69, 9.17) is 0 Å². The highest BCUT2D eigenvalue weighted by Gasteiger charge is 2.32. The first-order valence-electron chi connectivity index (χ1n) is 8.32. The number of halogens is 3. The fraction of sp³-hybridized carbons (Fsp3) is 0.158. The second-order valence-electron chi connectivity index (χ2n) is 5.80. The van der Waals surface area contributed by atoms with Crippen molar-refractivity contribution in [1.82, 2.24) is 15.2 Å². The van der Waals surface area contributed by atoms with Crippen molar-refractivity contribution in [3.63, 3.8) is 0 Å². The van der Waals surface area contributed by atoms with Gasteiger partial charge in [0.05, 0.1) is 17.2 Å². The van der Waals surface area contributed by atoms with Crippen molar-refractivity contribution < 1.29 is 18.0 Å². The van der Waals surface area contributed by atoms with Crippen LogP contribution >= 0.6 is 0 Å². The molecule has 0 unspecified atom stereocenters. The third kappa shape index (κ3) is 3.78. The van der Waals surface area contributed by atoms with E-state index in [1.807, 2.05) is 0 Å². The number of carbonyl (C=O) groups is 1. The molecule has 0 spiro atoms. The van der Waals surface area contributed by atoms with Gasteiger partial charge in [0, 0.05) is 17.5 Å². The molecule has 0 fully saturated rings. The zero-order chi connectivity index (χ0) is 20.3. The van der Waals surface area contributed by atoms with E-state index in [9.17, 15) is 22.8 Å². The summed E-state index contributed by atoms with van der Waals surface area (Å²) in [4.78, 5) is 24.8. The summed E-state index contributed by atoms with van der Waals surface area (Å²) < 4.78 is 40.1. The van der Waals surface area contributed by atoms with Crippen LogP contribution in [-0.4, -0.2) is 21.9 Å². The lowest BCUT2D eigenvalue weighted by Crippen LogP contribution is -2.28. The largest absolute Gasteiger partial charge is 0.417 e. The molecule has 9 heteroatoms. The predicted molar refractivity (Wildman–Crippen MR) is 98.2 cm³/mol. The van der Waals surface area contributed by atoms with Crippen LogP contribution < -0.4 is 11.0 Å². The van der Waals surface area contributed by atoms with Gasteiger partial charge in [-0.05, 0) is 19.1 Å². The number of amides is 1. The second-order valence-corrected chi connectivity index (χ2v) is 5.80. The van der Waals surface area contributed by atoms with Crippen molar-refractivity contribution in [1.29, 1.82) is 0 Å². The second kappa shape index (κ2) is 7.63. The lowest BCUT2D eigenvalue weighted by atomic mass is 10.1. The van der Waals surface area contributed by atoms with E-state index >= 15 is 0 Å². The predicted octanol–water partition coefficient (Wildman–Crippen LogP) is 3.20. The van der Waals surface area contributed by atoms with Crippen LogP contribution in [0.4, 0.5) is 13.2 Å². The number of hydrazone groups is 1. The lowest BCUT2D eigenvalue weighted by Gasteiger charge is -2.10. The Hall–Kier alpha value is -3.49. The molecule has 0 aliphatic rings. The van der Waals surface area contributed by atoms with Gasteiger partial charge in [-0.2, -0.15) is 23.4 Å². The first kappa shape index (κ1) is 19.3. The first-order valence-corrected chi connectivity index (χ1v) is 8.32. The molecule has 0 aliphatic carbocycles. The van der Waals surface area contributed by atoms with E-state index < -0.39 is 17.6 Å². The number of fused-ring (bicyclic) bond motifs is 1. The minimum Gasteiger partial charge on any atom is -0.267 e. The van der Waals surface area contributed by atoms with Crippen molar-refractivity contribution in [2.45, 2.75) is 19.6 Å². The Morgan fingerprint density at radius 2 is 1.79 bits per heavy atom. The maximum absolute atomic E-state index is 13.0. The molecule has 0 atom stereocenters. The van der Waals surface area contributed by atoms with Crippen molar-refractivity contribution in [3.05, 3.63) is 75.7 Å². The standard InChI is InChI=1S/C19H15F3N4O2/c1-2-26-18(28)14-9-5-4-8-13(14)16(25-26)17(27)24-23-11-12-7-3-6-10-15(12)19(20,21)22/h3-11H,2H2,1H3,(H,24,27)/b23-11+. The van der Waals surface area contributed by atoms with Gasteiger partial charge in [-0.25, -0.2) is 10.1 Å². The molecule has 1 aromatic heterocycles. The van der Waals surface area contributed by atoms with Gasteiger partial charge in [0.2, 0.25) is 0 Å². The quantitative estimate of drug-likeness (QED) is 0.551. The van der Waals surface area contributed by atoms with E-state index in [2.05, 4.69) is 15.6 Å². The average Bonchev–Trinajstić information content (AvgIpc) is 2.68. The van der Waals surface area contributed by atoms with Gasteiger partial charge in [0.1, 0.15) is 0 Å². The molecule has 6 nitrogen and oxygen atoms in total. The van der Waals surface area contributed by atoms with E-state index in [0.717, 1.165) is 17.0 Å². The highest BCUT2D eigenvalue weighted by atomic mass is 19.4. The van der Waals surface area contributed by atoms with Crippen molar-refractivity contribution >= 4 is 22.9 Å². The minimum atomic E-state index is -4.54. The van der Waals surface area contributed by atoms with Crippen LogP contribution in [0.3, 0.4) is 0 Å². The van der Waals surface area contributed by atoms with Crippen LogP contribution in [0.1, 0.15) is 28.5 Å². The van der Waals surface area contributed by atoms with E-state index in [-0.39, 0.29) is 23.4 Å². The number of carbonyl (C=O) groups excluding carboxylic acids is 1. The third-order valence-corrected chi connectivity index (χ3v) is 4.02. The zero-order valence-electron chi connectivity index (χ0n) is 14.7. The van der Waals surface area contributed by atoms with Gasteiger partial charge < -0.3 is 0 Å². The van der Waals surface area contributed by atoms with Crippen LogP contribution in [0.2, 0.25) is 0 Å². The molecule has 3 rings (SSSR count). The van der Waals surface area contributed by atoms with Crippen molar-refractivity contribution in [2.75, 3.05) is 0 Å². The molecule has 3 aromatic rings. The number of aromatic nitrogens is 2. The van der Waals surface area contributed by atoms with Crippen LogP contribution in [0, 0.1) is 0 Å². The Labute approximate surface area is 157 Å². The van der Waals surface area contributed by atoms with Gasteiger partial charge in [-0.1, -0.05) is 36.4 Å². The number of benzene rings is 2. The Kier molecular flexibility index (Phi) is 5.25. The highest BCUT2D eigenvalue weighted by molar-refractivity contribution is 6.05. The molecule has 0 radical (unpaired) electrons. The summed E-state index contributed by atoms with van der Waals surface area (Å²) in [5, 5.41) is 8.31. The van der Waals surface area contributed by atoms with Gasteiger partial charge in [-0.3, -0.25) is 9.59 Å². The van der Waals surface area contributed by atoms with E-state index in [1.165, 1.54) is 18.2 Å². The molecule has 0 aliphatic heterocycles. The molecule has 2 aromatic carbocycles. The molecule has 0 saturated carbocycles. The van der Waals surface area contributed by atoms with Crippen LogP contribution in [0.5, 0.6) is 0 Å². The van der Waals surface area contributed by atoms with Gasteiger partial charge in [0.25, 0.3) is 11.5 Å². The molecular weight excluding hydrogens is 373 g/mol. The number of rotatable bonds is 4. The van der Waals surface area contributed by atoms with Crippen molar-refractivity contribution in [3.8, 4) is 0 Å². The molecule has 28 heavy (non-hydrogen) atoms. The lowest BCUT2D eigenvalue weighted by molar-refractivity contribution is -0.137. The first-order chi connectivity index (χ1) is 13.3. The Morgan fingerprint density at radius 1 is 1.14 bits per heavy atom. The smallest absolute Gasteiger partial charge is 0.267 e. The molecule has 0 saturated heterocycles. The third-order valence-electron chi connectivity index (χ3n) is 4.02. The Balaban J connectivity index is 1.92. The molecule has 1 heterocycles. The summed E-state index contributed by atoms with van der Waals surface area (Å²) >= 11 is 0. The number of hydrogen-bond acceptors (Lipinski definition) is 4. The molecule has 1 amide bonds. The SMILES string of the molecule is CCn1nc(C(=O)N/N=C/c2ccccc2C(F)(F)F)c2ccccc2c1=O. The number of nitrogens with one attached hydrogen (secondary N) is 1. The van der Waals surface area contributed by atoms with Crippen molar-refractivity contribution in [2.24, 2.45) is 5.10 Å². The zero-order valence-corrected chi connectivity index (χ0v) is 14.7. The summed E-state index contributed by atoms with van der Waals surface area (Å²) in [5.74, 6) is -0.737. The fourth-order valence-corrected chi connectivity index (χ4v) is 2.70. The van der Waals surface area contributed by atoms with Crippen LogP contribution in [0.15, 0.2) is 58.4 Å². The van der Waals surface area contributed by atoms with Gasteiger partial charge >= 0.3 is 6.18 Å². The minimum absolute atomic E-state index is 0.0432. The summed E-state index contributed by atoms with van der Waals surface area (Å²) in [6.07, 6.45) is -3.63. The molecule has 144 valence electrons. The Bertz CT molecular complexity index is 1120. The normalized spacial score (nSPS) is 11.9. The van der Waals surface area contributed by atoms with Crippen LogP contribution in [-0.2, 0) is 12.7 Å². The van der Waals surface area contributed by atoms with Crippen LogP contribution in [0.25, 0.3) is 10.8 Å². The molecular formula is C19H15F3N4O2. The summed E-state index contributed by atoms with van der Waals surface area (Å²) in [6, 6.07) is 11.3. The number of aryl methyl sites for hydroxylation is 1.